The van der Waals surface area contributed by atoms with E-state index in [1.165, 1.54) is 12.1 Å². The first kappa shape index (κ1) is 15.6. The van der Waals surface area contributed by atoms with Gasteiger partial charge in [0.15, 0.2) is 0 Å². The van der Waals surface area contributed by atoms with Crippen LogP contribution in [0.2, 0.25) is 0 Å². The molecule has 1 rings (SSSR count). The fourth-order valence-corrected chi connectivity index (χ4v) is 1.64. The van der Waals surface area contributed by atoms with E-state index in [9.17, 15) is 15.2 Å². The zero-order chi connectivity index (χ0) is 14.5. The summed E-state index contributed by atoms with van der Waals surface area (Å²) in [5.74, 6) is 0. The lowest BCUT2D eigenvalue weighted by Gasteiger charge is -2.19. The molecule has 19 heavy (non-hydrogen) atoms. The minimum Gasteiger partial charge on any atom is -0.387 e. The van der Waals surface area contributed by atoms with E-state index in [2.05, 4.69) is 26.1 Å². The van der Waals surface area contributed by atoms with Crippen LogP contribution in [0.3, 0.4) is 0 Å². The molecular formula is C14H22N2O3. The second-order valence-electron chi connectivity index (χ2n) is 5.88. The molecule has 0 radical (unpaired) electrons. The molecule has 0 aromatic heterocycles. The molecule has 0 spiro atoms. The van der Waals surface area contributed by atoms with Crippen molar-refractivity contribution in [2.24, 2.45) is 5.41 Å². The summed E-state index contributed by atoms with van der Waals surface area (Å²) in [6, 6.07) is 6.00. The van der Waals surface area contributed by atoms with E-state index in [1.807, 2.05) is 0 Å². The number of hydrogen-bond donors (Lipinski definition) is 2. The van der Waals surface area contributed by atoms with Crippen molar-refractivity contribution in [2.45, 2.75) is 33.3 Å². The molecule has 2 N–H and O–H groups in total. The third-order valence-corrected chi connectivity index (χ3v) is 2.88. The van der Waals surface area contributed by atoms with Crippen LogP contribution in [0.15, 0.2) is 24.3 Å². The Labute approximate surface area is 113 Å². The van der Waals surface area contributed by atoms with E-state index >= 15 is 0 Å². The number of nitrogens with one attached hydrogen (secondary N) is 1. The number of nitrogens with zero attached hydrogens (tertiary/aromatic N) is 1. The second-order valence-corrected chi connectivity index (χ2v) is 5.88. The summed E-state index contributed by atoms with van der Waals surface area (Å²) in [5, 5.41) is 23.7. The van der Waals surface area contributed by atoms with Crippen LogP contribution in [-0.4, -0.2) is 23.1 Å². The SMILES string of the molecule is CC(C)(C)CCNCC(O)c1ccc([N+](=O)[O-])cc1. The quantitative estimate of drug-likeness (QED) is 0.471. The highest BCUT2D eigenvalue weighted by Gasteiger charge is 2.12. The fourth-order valence-electron chi connectivity index (χ4n) is 1.64. The molecule has 1 aromatic rings. The van der Waals surface area contributed by atoms with Crippen LogP contribution in [0.25, 0.3) is 0 Å². The number of non-ortho nitro benzene ring substituents is 1. The van der Waals surface area contributed by atoms with E-state index in [4.69, 9.17) is 0 Å². The molecule has 0 bridgehead atoms. The van der Waals surface area contributed by atoms with Crippen molar-refractivity contribution in [1.29, 1.82) is 0 Å². The van der Waals surface area contributed by atoms with Crippen molar-refractivity contribution in [1.82, 2.24) is 5.32 Å². The zero-order valence-electron chi connectivity index (χ0n) is 11.7. The number of nitro benzene ring substituents is 1. The van der Waals surface area contributed by atoms with Gasteiger partial charge in [-0.25, -0.2) is 0 Å². The molecule has 1 aromatic carbocycles. The van der Waals surface area contributed by atoms with Crippen LogP contribution in [0.4, 0.5) is 5.69 Å². The summed E-state index contributed by atoms with van der Waals surface area (Å²) < 4.78 is 0. The molecule has 0 amide bonds. The van der Waals surface area contributed by atoms with Gasteiger partial charge in [0, 0.05) is 18.7 Å². The van der Waals surface area contributed by atoms with Gasteiger partial charge < -0.3 is 10.4 Å². The van der Waals surface area contributed by atoms with Gasteiger partial charge in [0.1, 0.15) is 0 Å². The van der Waals surface area contributed by atoms with Crippen LogP contribution < -0.4 is 5.32 Å². The summed E-state index contributed by atoms with van der Waals surface area (Å²) in [7, 11) is 0. The average Bonchev–Trinajstić information content (AvgIpc) is 2.33. The second kappa shape index (κ2) is 6.63. The lowest BCUT2D eigenvalue weighted by Crippen LogP contribution is -2.25. The minimum atomic E-state index is -0.638. The Bertz CT molecular complexity index is 410. The first-order valence-electron chi connectivity index (χ1n) is 6.43. The van der Waals surface area contributed by atoms with Crippen molar-refractivity contribution in [3.05, 3.63) is 39.9 Å². The third-order valence-electron chi connectivity index (χ3n) is 2.88. The Morgan fingerprint density at radius 1 is 1.32 bits per heavy atom. The Morgan fingerprint density at radius 3 is 2.37 bits per heavy atom. The van der Waals surface area contributed by atoms with Gasteiger partial charge in [-0.15, -0.1) is 0 Å². The summed E-state index contributed by atoms with van der Waals surface area (Å²) in [6.45, 7) is 7.80. The molecule has 0 saturated heterocycles. The molecule has 0 aliphatic heterocycles. The van der Waals surface area contributed by atoms with Gasteiger partial charge in [-0.05, 0) is 36.1 Å². The van der Waals surface area contributed by atoms with E-state index < -0.39 is 11.0 Å². The number of benzene rings is 1. The van der Waals surface area contributed by atoms with Gasteiger partial charge in [0.2, 0.25) is 0 Å². The maximum atomic E-state index is 10.5. The number of rotatable bonds is 6. The smallest absolute Gasteiger partial charge is 0.269 e. The predicted molar refractivity (Wildman–Crippen MR) is 75.0 cm³/mol. The van der Waals surface area contributed by atoms with Crippen LogP contribution >= 0.6 is 0 Å². The third kappa shape index (κ3) is 5.81. The normalized spacial score (nSPS) is 13.3. The molecule has 5 nitrogen and oxygen atoms in total. The van der Waals surface area contributed by atoms with E-state index in [1.54, 1.807) is 12.1 Å². The van der Waals surface area contributed by atoms with E-state index in [0.29, 0.717) is 12.1 Å². The number of nitro groups is 1. The average molecular weight is 266 g/mol. The summed E-state index contributed by atoms with van der Waals surface area (Å²) >= 11 is 0. The lowest BCUT2D eigenvalue weighted by atomic mass is 9.92. The van der Waals surface area contributed by atoms with Gasteiger partial charge in [0.25, 0.3) is 5.69 Å². The molecule has 1 unspecified atom stereocenters. The molecule has 0 saturated carbocycles. The Balaban J connectivity index is 2.41. The van der Waals surface area contributed by atoms with Gasteiger partial charge in [-0.1, -0.05) is 20.8 Å². The standard InChI is InChI=1S/C14H22N2O3/c1-14(2,3)8-9-15-10-13(17)11-4-6-12(7-5-11)16(18)19/h4-7,13,15,17H,8-10H2,1-3H3. The molecule has 106 valence electrons. The lowest BCUT2D eigenvalue weighted by molar-refractivity contribution is -0.384. The molecule has 0 aliphatic carbocycles. The van der Waals surface area contributed by atoms with E-state index in [0.717, 1.165) is 13.0 Å². The molecule has 0 fully saturated rings. The monoisotopic (exact) mass is 266 g/mol. The van der Waals surface area contributed by atoms with Gasteiger partial charge in [-0.3, -0.25) is 10.1 Å². The van der Waals surface area contributed by atoms with Crippen LogP contribution in [0.5, 0.6) is 0 Å². The fraction of sp³-hybridized carbons (Fsp3) is 0.571. The number of aliphatic hydroxyl groups is 1. The highest BCUT2D eigenvalue weighted by molar-refractivity contribution is 5.33. The van der Waals surface area contributed by atoms with Crippen LogP contribution in [-0.2, 0) is 0 Å². The Morgan fingerprint density at radius 2 is 1.89 bits per heavy atom. The topological polar surface area (TPSA) is 75.4 Å². The van der Waals surface area contributed by atoms with Gasteiger partial charge in [0.05, 0.1) is 11.0 Å². The number of hydrogen-bond acceptors (Lipinski definition) is 4. The van der Waals surface area contributed by atoms with Crippen molar-refractivity contribution in [2.75, 3.05) is 13.1 Å². The largest absolute Gasteiger partial charge is 0.387 e. The molecule has 0 heterocycles. The Hall–Kier alpha value is -1.46. The molecular weight excluding hydrogens is 244 g/mol. The van der Waals surface area contributed by atoms with Crippen LogP contribution in [0, 0.1) is 15.5 Å². The molecule has 5 heteroatoms. The van der Waals surface area contributed by atoms with E-state index in [-0.39, 0.29) is 11.1 Å². The van der Waals surface area contributed by atoms with Gasteiger partial charge in [-0.2, -0.15) is 0 Å². The van der Waals surface area contributed by atoms with Crippen molar-refractivity contribution < 1.29 is 10.0 Å². The summed E-state index contributed by atoms with van der Waals surface area (Å²) in [4.78, 5) is 10.1. The highest BCUT2D eigenvalue weighted by atomic mass is 16.6. The summed E-state index contributed by atoms with van der Waals surface area (Å²) in [5.41, 5.74) is 0.996. The highest BCUT2D eigenvalue weighted by Crippen LogP contribution is 2.18. The zero-order valence-corrected chi connectivity index (χ0v) is 11.7. The summed E-state index contributed by atoms with van der Waals surface area (Å²) in [6.07, 6.45) is 0.390. The Kier molecular flexibility index (Phi) is 5.44. The first-order chi connectivity index (χ1) is 8.79. The predicted octanol–water partition coefficient (Wildman–Crippen LogP) is 2.65. The van der Waals surface area contributed by atoms with Crippen LogP contribution in [0.1, 0.15) is 38.9 Å². The van der Waals surface area contributed by atoms with Crippen molar-refractivity contribution >= 4 is 5.69 Å². The first-order valence-corrected chi connectivity index (χ1v) is 6.43. The maximum Gasteiger partial charge on any atom is 0.269 e. The van der Waals surface area contributed by atoms with Crippen molar-refractivity contribution in [3.8, 4) is 0 Å². The minimum absolute atomic E-state index is 0.0386. The molecule has 0 aliphatic rings. The number of aliphatic hydroxyl groups excluding tert-OH is 1. The van der Waals surface area contributed by atoms with Gasteiger partial charge >= 0.3 is 0 Å². The molecule has 1 atom stereocenters. The maximum absolute atomic E-state index is 10.5. The van der Waals surface area contributed by atoms with Crippen molar-refractivity contribution in [3.63, 3.8) is 0 Å².